The predicted octanol–water partition coefficient (Wildman–Crippen LogP) is 3.98. The zero-order valence-electron chi connectivity index (χ0n) is 22.1. The molecular formula is C28H30N8O3. The largest absolute Gasteiger partial charge is 0.495 e. The second-order valence-electron chi connectivity index (χ2n) is 10.0. The zero-order valence-corrected chi connectivity index (χ0v) is 22.1. The number of hydrogen-bond donors (Lipinski definition) is 3. The number of amides is 2. The van der Waals surface area contributed by atoms with Crippen LogP contribution in [0.1, 0.15) is 43.0 Å². The van der Waals surface area contributed by atoms with Crippen molar-refractivity contribution < 1.29 is 14.3 Å². The van der Waals surface area contributed by atoms with E-state index in [9.17, 15) is 9.59 Å². The average Bonchev–Trinajstić information content (AvgIpc) is 3.62. The normalized spacial score (nSPS) is 17.5. The molecule has 1 aliphatic carbocycles. The number of primary amides is 1. The van der Waals surface area contributed by atoms with E-state index < -0.39 is 5.91 Å². The summed E-state index contributed by atoms with van der Waals surface area (Å²) in [6, 6.07) is 10.9. The average molecular weight is 527 g/mol. The quantitative estimate of drug-likeness (QED) is 0.342. The summed E-state index contributed by atoms with van der Waals surface area (Å²) in [4.78, 5) is 45.8. The van der Waals surface area contributed by atoms with Crippen molar-refractivity contribution in [3.05, 3.63) is 48.2 Å². The minimum atomic E-state index is -0.530. The van der Waals surface area contributed by atoms with Crippen molar-refractivity contribution in [2.45, 2.75) is 44.7 Å². The van der Waals surface area contributed by atoms with Crippen molar-refractivity contribution in [3.63, 3.8) is 0 Å². The van der Waals surface area contributed by atoms with Gasteiger partial charge >= 0.3 is 0 Å². The second kappa shape index (κ2) is 9.57. The Morgan fingerprint density at radius 2 is 1.97 bits per heavy atom. The Kier molecular flexibility index (Phi) is 6.05. The molecule has 0 bridgehead atoms. The Bertz CT molecular complexity index is 1590. The Morgan fingerprint density at radius 3 is 2.72 bits per heavy atom. The first-order valence-electron chi connectivity index (χ1n) is 13.0. The number of methoxy groups -OCH3 is 1. The number of nitrogens with one attached hydrogen (secondary N) is 2. The summed E-state index contributed by atoms with van der Waals surface area (Å²) in [7, 11) is 3.36. The highest BCUT2D eigenvalue weighted by molar-refractivity contribution is 6.05. The molecule has 3 heterocycles. The Morgan fingerprint density at radius 1 is 1.18 bits per heavy atom. The van der Waals surface area contributed by atoms with E-state index in [2.05, 4.69) is 25.2 Å². The second-order valence-corrected chi connectivity index (χ2v) is 10.0. The van der Waals surface area contributed by atoms with Crippen LogP contribution in [0.5, 0.6) is 5.75 Å². The van der Waals surface area contributed by atoms with Gasteiger partial charge < -0.3 is 30.6 Å². The number of carbonyl (C=O) groups excluding carboxylic acids is 2. The standard InChI is InChI=1S/C28H30N8O3/c1-15-27(38)35(2)21-14-30-28(34-26(21)36(15)17-7-4-5-8-17)32-19-12-11-16(13-22(19)39-3)25-31-20-10-6-9-18(24(29)37)23(20)33-25/h6,9-15,17H,4-5,7-8H2,1-3H3,(H2,29,37)(H,31,33)(H,30,32,34)/t15-/m1/s1. The molecule has 2 aromatic carbocycles. The maximum absolute atomic E-state index is 12.9. The van der Waals surface area contributed by atoms with Crippen LogP contribution in [-0.4, -0.2) is 58.0 Å². The van der Waals surface area contributed by atoms with Crippen LogP contribution < -0.4 is 25.6 Å². The molecule has 0 unspecified atom stereocenters. The Balaban J connectivity index is 1.33. The van der Waals surface area contributed by atoms with Gasteiger partial charge in [0.05, 0.1) is 30.1 Å². The van der Waals surface area contributed by atoms with Gasteiger partial charge in [0, 0.05) is 18.7 Å². The van der Waals surface area contributed by atoms with Crippen molar-refractivity contribution in [1.82, 2.24) is 19.9 Å². The third-order valence-electron chi connectivity index (χ3n) is 7.68. The van der Waals surface area contributed by atoms with Crippen LogP contribution in [0.4, 0.5) is 23.1 Å². The summed E-state index contributed by atoms with van der Waals surface area (Å²) in [5, 5.41) is 3.29. The van der Waals surface area contributed by atoms with E-state index in [0.717, 1.165) is 42.6 Å². The lowest BCUT2D eigenvalue weighted by Gasteiger charge is -2.42. The first kappa shape index (κ1) is 24.7. The minimum absolute atomic E-state index is 0.0458. The van der Waals surface area contributed by atoms with Crippen LogP contribution in [0.15, 0.2) is 42.6 Å². The molecule has 200 valence electrons. The van der Waals surface area contributed by atoms with E-state index in [1.54, 1.807) is 37.4 Å². The molecule has 0 radical (unpaired) electrons. The van der Waals surface area contributed by atoms with E-state index in [4.69, 9.17) is 15.5 Å². The van der Waals surface area contributed by atoms with Gasteiger partial charge in [-0.1, -0.05) is 18.9 Å². The number of aromatic nitrogens is 4. The Labute approximate surface area is 225 Å². The zero-order chi connectivity index (χ0) is 27.3. The molecule has 4 aromatic rings. The lowest BCUT2D eigenvalue weighted by atomic mass is 10.1. The van der Waals surface area contributed by atoms with E-state index in [-0.39, 0.29) is 18.0 Å². The third kappa shape index (κ3) is 4.19. The van der Waals surface area contributed by atoms with Crippen LogP contribution in [0, 0.1) is 0 Å². The molecule has 1 atom stereocenters. The fraction of sp³-hybridized carbons (Fsp3) is 0.321. The minimum Gasteiger partial charge on any atom is -0.495 e. The highest BCUT2D eigenvalue weighted by Gasteiger charge is 2.39. The molecule has 6 rings (SSSR count). The fourth-order valence-corrected chi connectivity index (χ4v) is 5.66. The summed E-state index contributed by atoms with van der Waals surface area (Å²) >= 11 is 0. The number of nitrogens with two attached hydrogens (primary N) is 1. The number of rotatable bonds is 6. The van der Waals surface area contributed by atoms with Gasteiger partial charge in [0.2, 0.25) is 11.9 Å². The van der Waals surface area contributed by atoms with Gasteiger partial charge in [-0.05, 0) is 50.1 Å². The molecule has 11 nitrogen and oxygen atoms in total. The van der Waals surface area contributed by atoms with Gasteiger partial charge in [-0.15, -0.1) is 0 Å². The number of likely N-dealkylation sites (N-methyl/N-ethyl adjacent to an activating group) is 1. The van der Waals surface area contributed by atoms with E-state index in [1.165, 1.54) is 0 Å². The molecule has 11 heteroatoms. The van der Waals surface area contributed by atoms with Crippen LogP contribution in [0.2, 0.25) is 0 Å². The van der Waals surface area contributed by atoms with Crippen molar-refractivity contribution in [3.8, 4) is 17.1 Å². The molecule has 4 N–H and O–H groups in total. The predicted molar refractivity (Wildman–Crippen MR) is 150 cm³/mol. The lowest BCUT2D eigenvalue weighted by Crippen LogP contribution is -2.54. The highest BCUT2D eigenvalue weighted by Crippen LogP contribution is 2.40. The topological polar surface area (TPSA) is 142 Å². The number of benzene rings is 2. The third-order valence-corrected chi connectivity index (χ3v) is 7.68. The van der Waals surface area contributed by atoms with E-state index in [1.807, 2.05) is 31.2 Å². The maximum atomic E-state index is 12.9. The van der Waals surface area contributed by atoms with Gasteiger partial charge in [0.25, 0.3) is 5.91 Å². The highest BCUT2D eigenvalue weighted by atomic mass is 16.5. The number of ether oxygens (including phenoxy) is 1. The van der Waals surface area contributed by atoms with Crippen molar-refractivity contribution in [1.29, 1.82) is 0 Å². The first-order chi connectivity index (χ1) is 18.9. The number of imidazole rings is 1. The van der Waals surface area contributed by atoms with Crippen molar-refractivity contribution >= 4 is 46.0 Å². The van der Waals surface area contributed by atoms with Gasteiger partial charge in [-0.2, -0.15) is 4.98 Å². The number of aromatic amines is 1. The summed E-state index contributed by atoms with van der Waals surface area (Å²) in [6.45, 7) is 1.95. The molecule has 39 heavy (non-hydrogen) atoms. The molecule has 2 aromatic heterocycles. The molecular weight excluding hydrogens is 496 g/mol. The molecule has 1 aliphatic heterocycles. The summed E-state index contributed by atoms with van der Waals surface area (Å²) in [5.74, 6) is 1.84. The smallest absolute Gasteiger partial charge is 0.250 e. The van der Waals surface area contributed by atoms with Gasteiger partial charge in [-0.3, -0.25) is 9.59 Å². The van der Waals surface area contributed by atoms with Crippen molar-refractivity contribution in [2.24, 2.45) is 5.73 Å². The molecule has 2 aliphatic rings. The van der Waals surface area contributed by atoms with Gasteiger partial charge in [0.15, 0.2) is 5.82 Å². The summed E-state index contributed by atoms with van der Waals surface area (Å²) in [5.41, 5.74) is 9.28. The van der Waals surface area contributed by atoms with Gasteiger partial charge in [0.1, 0.15) is 28.8 Å². The van der Waals surface area contributed by atoms with E-state index in [0.29, 0.717) is 40.0 Å². The van der Waals surface area contributed by atoms with E-state index >= 15 is 0 Å². The number of para-hydroxylation sites is 1. The first-order valence-corrected chi connectivity index (χ1v) is 13.0. The number of anilines is 4. The van der Waals surface area contributed by atoms with Crippen LogP contribution in [0.25, 0.3) is 22.4 Å². The molecule has 2 amide bonds. The number of carbonyl (C=O) groups is 2. The molecule has 1 saturated carbocycles. The number of hydrogen-bond acceptors (Lipinski definition) is 8. The Hall–Kier alpha value is -4.67. The molecule has 0 saturated heterocycles. The monoisotopic (exact) mass is 526 g/mol. The summed E-state index contributed by atoms with van der Waals surface area (Å²) in [6.07, 6.45) is 6.10. The van der Waals surface area contributed by atoms with Crippen LogP contribution in [-0.2, 0) is 4.79 Å². The number of fused-ring (bicyclic) bond motifs is 2. The van der Waals surface area contributed by atoms with Crippen LogP contribution in [0.3, 0.4) is 0 Å². The molecule has 0 spiro atoms. The van der Waals surface area contributed by atoms with Crippen molar-refractivity contribution in [2.75, 3.05) is 29.3 Å². The molecule has 1 fully saturated rings. The summed E-state index contributed by atoms with van der Waals surface area (Å²) < 4.78 is 5.68. The SMILES string of the molecule is COc1cc(-c2nc3c(C(N)=O)cccc3[nH]2)ccc1Nc1ncc2c(n1)N(C1CCCC1)[C@H](C)C(=O)N2C. The number of H-pyrrole nitrogens is 1. The fourth-order valence-electron chi connectivity index (χ4n) is 5.66. The van der Waals surface area contributed by atoms with Crippen LogP contribution >= 0.6 is 0 Å². The maximum Gasteiger partial charge on any atom is 0.250 e. The number of nitrogens with zero attached hydrogens (tertiary/aromatic N) is 5. The van der Waals surface area contributed by atoms with Gasteiger partial charge in [-0.25, -0.2) is 9.97 Å². The lowest BCUT2D eigenvalue weighted by molar-refractivity contribution is -0.119.